The number of carbonyl (C=O) groups excluding carboxylic acids is 3. The second kappa shape index (κ2) is 16.7. The lowest BCUT2D eigenvalue weighted by atomic mass is 10.0. The molecule has 1 aromatic rings. The standard InChI is InChI=1S/C24H35N5O9/c25-11-5-4-8-16(22(35)29-18(24(37)38)12-14-6-2-1-3-7-14)28-23(36)17(9-10-19(30)31)27-21(34)15(26)13-20(32)33/h1-3,6-7,15-18H,4-5,8-13,25-26H2,(H,27,34)(H,28,36)(H,29,35)(H,30,31)(H,32,33)(H,37,38). The molecular formula is C24H35N5O9. The van der Waals surface area contributed by atoms with Crippen LogP contribution < -0.4 is 27.4 Å². The monoisotopic (exact) mass is 537 g/mol. The SMILES string of the molecule is NCCCCC(NC(=O)C(CCC(=O)O)NC(=O)C(N)CC(=O)O)C(=O)NC(Cc1ccccc1)C(=O)O. The smallest absolute Gasteiger partial charge is 0.326 e. The third-order valence-electron chi connectivity index (χ3n) is 5.49. The number of nitrogens with two attached hydrogens (primary N) is 2. The van der Waals surface area contributed by atoms with E-state index in [-0.39, 0.29) is 19.3 Å². The fourth-order valence-electron chi connectivity index (χ4n) is 3.45. The number of carboxylic acid groups (broad SMARTS) is 3. The molecule has 1 aromatic carbocycles. The van der Waals surface area contributed by atoms with Gasteiger partial charge >= 0.3 is 17.9 Å². The lowest BCUT2D eigenvalue weighted by Gasteiger charge is -2.25. The molecule has 0 fully saturated rings. The van der Waals surface area contributed by atoms with Gasteiger partial charge in [0, 0.05) is 12.8 Å². The summed E-state index contributed by atoms with van der Waals surface area (Å²) < 4.78 is 0. The number of benzene rings is 1. The van der Waals surface area contributed by atoms with Crippen LogP contribution in [0.5, 0.6) is 0 Å². The Labute approximate surface area is 219 Å². The molecule has 4 atom stereocenters. The molecule has 210 valence electrons. The number of nitrogens with one attached hydrogen (secondary N) is 3. The van der Waals surface area contributed by atoms with Gasteiger partial charge in [0.15, 0.2) is 0 Å². The normalized spacial score (nSPS) is 13.8. The molecule has 0 saturated heterocycles. The van der Waals surface area contributed by atoms with Crippen molar-refractivity contribution in [2.24, 2.45) is 11.5 Å². The van der Waals surface area contributed by atoms with E-state index in [1.807, 2.05) is 0 Å². The van der Waals surface area contributed by atoms with Gasteiger partial charge in [-0.15, -0.1) is 0 Å². The first-order valence-electron chi connectivity index (χ1n) is 12.0. The zero-order valence-corrected chi connectivity index (χ0v) is 20.8. The maximum Gasteiger partial charge on any atom is 0.326 e. The van der Waals surface area contributed by atoms with Crippen molar-refractivity contribution < 1.29 is 44.1 Å². The van der Waals surface area contributed by atoms with E-state index in [0.717, 1.165) is 0 Å². The molecule has 14 nitrogen and oxygen atoms in total. The first kappa shape index (κ1) is 32.0. The van der Waals surface area contributed by atoms with Crippen molar-refractivity contribution in [3.63, 3.8) is 0 Å². The molecule has 0 aromatic heterocycles. The Morgan fingerprint density at radius 1 is 0.737 bits per heavy atom. The number of aliphatic carboxylic acids is 3. The second-order valence-corrected chi connectivity index (χ2v) is 8.63. The molecule has 0 saturated carbocycles. The highest BCUT2D eigenvalue weighted by Crippen LogP contribution is 2.08. The predicted molar refractivity (Wildman–Crippen MR) is 134 cm³/mol. The maximum atomic E-state index is 13.0. The van der Waals surface area contributed by atoms with Crippen LogP contribution in [0.2, 0.25) is 0 Å². The number of rotatable bonds is 18. The van der Waals surface area contributed by atoms with Crippen LogP contribution in [-0.2, 0) is 35.2 Å². The minimum atomic E-state index is -1.49. The van der Waals surface area contributed by atoms with Gasteiger partial charge in [0.1, 0.15) is 18.1 Å². The number of unbranched alkanes of at least 4 members (excludes halogenated alkanes) is 1. The zero-order chi connectivity index (χ0) is 28.7. The van der Waals surface area contributed by atoms with Crippen LogP contribution in [-0.4, -0.2) is 81.7 Å². The van der Waals surface area contributed by atoms with E-state index in [1.54, 1.807) is 30.3 Å². The Balaban J connectivity index is 3.04. The van der Waals surface area contributed by atoms with Crippen molar-refractivity contribution in [2.45, 2.75) is 69.1 Å². The highest BCUT2D eigenvalue weighted by molar-refractivity contribution is 5.95. The van der Waals surface area contributed by atoms with Gasteiger partial charge in [0.05, 0.1) is 12.5 Å². The Hall–Kier alpha value is -4.04. The molecule has 3 amide bonds. The molecular weight excluding hydrogens is 502 g/mol. The summed E-state index contributed by atoms with van der Waals surface area (Å²) in [7, 11) is 0. The molecule has 0 aliphatic heterocycles. The first-order chi connectivity index (χ1) is 17.9. The molecule has 0 aliphatic carbocycles. The number of hydrogen-bond acceptors (Lipinski definition) is 8. The van der Waals surface area contributed by atoms with Gasteiger partial charge in [-0.05, 0) is 37.8 Å². The highest BCUT2D eigenvalue weighted by atomic mass is 16.4. The predicted octanol–water partition coefficient (Wildman–Crippen LogP) is -1.44. The van der Waals surface area contributed by atoms with Crippen molar-refractivity contribution in [2.75, 3.05) is 6.54 Å². The van der Waals surface area contributed by atoms with Gasteiger partial charge in [-0.25, -0.2) is 4.79 Å². The summed E-state index contributed by atoms with van der Waals surface area (Å²) in [6, 6.07) is 3.16. The molecule has 38 heavy (non-hydrogen) atoms. The molecule has 1 rings (SSSR count). The fourth-order valence-corrected chi connectivity index (χ4v) is 3.45. The molecule has 10 N–H and O–H groups in total. The van der Waals surface area contributed by atoms with Crippen molar-refractivity contribution in [3.8, 4) is 0 Å². The van der Waals surface area contributed by atoms with E-state index < -0.39 is 72.6 Å². The van der Waals surface area contributed by atoms with Gasteiger partial charge in [0.2, 0.25) is 17.7 Å². The van der Waals surface area contributed by atoms with Crippen LogP contribution in [0.3, 0.4) is 0 Å². The van der Waals surface area contributed by atoms with E-state index in [1.165, 1.54) is 0 Å². The largest absolute Gasteiger partial charge is 0.481 e. The Morgan fingerprint density at radius 3 is 1.82 bits per heavy atom. The average molecular weight is 538 g/mol. The highest BCUT2D eigenvalue weighted by Gasteiger charge is 2.31. The molecule has 0 radical (unpaired) electrons. The van der Waals surface area contributed by atoms with E-state index in [9.17, 15) is 33.9 Å². The minimum Gasteiger partial charge on any atom is -0.481 e. The lowest BCUT2D eigenvalue weighted by Crippen LogP contribution is -2.57. The Morgan fingerprint density at radius 2 is 1.29 bits per heavy atom. The van der Waals surface area contributed by atoms with Crippen LogP contribution in [0, 0.1) is 0 Å². The second-order valence-electron chi connectivity index (χ2n) is 8.63. The first-order valence-corrected chi connectivity index (χ1v) is 12.0. The molecule has 0 bridgehead atoms. The van der Waals surface area contributed by atoms with Crippen LogP contribution in [0.15, 0.2) is 30.3 Å². The number of hydrogen-bond donors (Lipinski definition) is 8. The zero-order valence-electron chi connectivity index (χ0n) is 20.8. The average Bonchev–Trinajstić information content (AvgIpc) is 2.85. The van der Waals surface area contributed by atoms with Gasteiger partial charge in [-0.3, -0.25) is 24.0 Å². The quantitative estimate of drug-likeness (QED) is 0.101. The van der Waals surface area contributed by atoms with E-state index >= 15 is 0 Å². The van der Waals surface area contributed by atoms with Gasteiger partial charge < -0.3 is 42.7 Å². The number of carboxylic acids is 3. The molecule has 0 spiro atoms. The van der Waals surface area contributed by atoms with Crippen molar-refractivity contribution in [1.82, 2.24) is 16.0 Å². The summed E-state index contributed by atoms with van der Waals surface area (Å²) in [6.07, 6.45) is -0.615. The van der Waals surface area contributed by atoms with Crippen LogP contribution in [0.4, 0.5) is 0 Å². The van der Waals surface area contributed by atoms with Crippen LogP contribution in [0.25, 0.3) is 0 Å². The van der Waals surface area contributed by atoms with Crippen molar-refractivity contribution >= 4 is 35.6 Å². The fraction of sp³-hybridized carbons (Fsp3) is 0.500. The minimum absolute atomic E-state index is 0.00978. The summed E-state index contributed by atoms with van der Waals surface area (Å²) in [6.45, 7) is 0.312. The van der Waals surface area contributed by atoms with Gasteiger partial charge in [-0.1, -0.05) is 30.3 Å². The molecule has 14 heteroatoms. The van der Waals surface area contributed by atoms with Gasteiger partial charge in [0.25, 0.3) is 0 Å². The molecule has 4 unspecified atom stereocenters. The molecule has 0 heterocycles. The van der Waals surface area contributed by atoms with E-state index in [2.05, 4.69) is 16.0 Å². The van der Waals surface area contributed by atoms with Crippen LogP contribution in [0.1, 0.15) is 44.1 Å². The maximum absolute atomic E-state index is 13.0. The summed E-state index contributed by atoms with van der Waals surface area (Å²) in [5, 5.41) is 34.5. The topological polar surface area (TPSA) is 251 Å². The van der Waals surface area contributed by atoms with Gasteiger partial charge in [-0.2, -0.15) is 0 Å². The summed E-state index contributed by atoms with van der Waals surface area (Å²) in [5.41, 5.74) is 11.7. The number of amides is 3. The van der Waals surface area contributed by atoms with Crippen molar-refractivity contribution in [1.29, 1.82) is 0 Å². The molecule has 0 aliphatic rings. The number of carbonyl (C=O) groups is 6. The Bertz CT molecular complexity index is 973. The van der Waals surface area contributed by atoms with Crippen LogP contribution >= 0.6 is 0 Å². The summed E-state index contributed by atoms with van der Waals surface area (Å²) in [4.78, 5) is 72.0. The Kier molecular flexibility index (Phi) is 14.0. The van der Waals surface area contributed by atoms with Crippen molar-refractivity contribution in [3.05, 3.63) is 35.9 Å². The summed E-state index contributed by atoms with van der Waals surface area (Å²) in [5.74, 6) is -6.58. The summed E-state index contributed by atoms with van der Waals surface area (Å²) >= 11 is 0. The third-order valence-corrected chi connectivity index (χ3v) is 5.49. The van der Waals surface area contributed by atoms with E-state index in [4.69, 9.17) is 21.7 Å². The van der Waals surface area contributed by atoms with E-state index in [0.29, 0.717) is 24.9 Å². The lowest BCUT2D eigenvalue weighted by molar-refractivity contribution is -0.142. The third kappa shape index (κ3) is 12.3.